The minimum atomic E-state index is -0.792. The Morgan fingerprint density at radius 1 is 1.15 bits per heavy atom. The van der Waals surface area contributed by atoms with Crippen LogP contribution in [0.5, 0.6) is 0 Å². The number of benzene rings is 1. The molecule has 0 radical (unpaired) electrons. The van der Waals surface area contributed by atoms with Crippen molar-refractivity contribution >= 4 is 17.7 Å². The standard InChI is InChI=1S/C26H32FN3O4/c27-21-7-5-6-20(16-21)26(11-3-1-2-4-12-26)25(32)34-22-17-30(13-8-19(22)9-14-30)18-24(31)28-23-10-15-33-29-23/h5-7,10,15-16,19,22H,1-4,8-9,11-14,17-18H2/p+1/t19?,22-,30?/m0/s1. The number of rotatable bonds is 6. The van der Waals surface area contributed by atoms with Gasteiger partial charge in [0.25, 0.3) is 5.91 Å². The van der Waals surface area contributed by atoms with E-state index >= 15 is 0 Å². The molecule has 7 nitrogen and oxygen atoms in total. The number of hydrogen-bond donors (Lipinski definition) is 1. The summed E-state index contributed by atoms with van der Waals surface area (Å²) in [6.07, 6.45) is 8.47. The number of hydrogen-bond acceptors (Lipinski definition) is 5. The van der Waals surface area contributed by atoms with E-state index in [9.17, 15) is 14.0 Å². The average molecular weight is 471 g/mol. The number of carbonyl (C=O) groups is 2. The van der Waals surface area contributed by atoms with Crippen LogP contribution >= 0.6 is 0 Å². The van der Waals surface area contributed by atoms with E-state index in [2.05, 4.69) is 10.5 Å². The molecule has 1 aliphatic carbocycles. The predicted octanol–water partition coefficient (Wildman–Crippen LogP) is 4.20. The van der Waals surface area contributed by atoms with Crippen LogP contribution in [0.4, 0.5) is 10.2 Å². The van der Waals surface area contributed by atoms with Gasteiger partial charge in [-0.25, -0.2) is 4.39 Å². The SMILES string of the molecule is O=C(C[N+]12CCC(CC1)[C@@H](OC(=O)C1(c3cccc(F)c3)CCCCCC1)C2)Nc1ccon1. The molecule has 3 aliphatic heterocycles. The van der Waals surface area contributed by atoms with Gasteiger partial charge in [0.1, 0.15) is 18.6 Å². The highest BCUT2D eigenvalue weighted by molar-refractivity contribution is 5.90. The maximum atomic E-state index is 14.1. The molecule has 34 heavy (non-hydrogen) atoms. The van der Waals surface area contributed by atoms with Crippen LogP contribution in [0.3, 0.4) is 0 Å². The van der Waals surface area contributed by atoms with E-state index in [4.69, 9.17) is 9.26 Å². The van der Waals surface area contributed by atoms with Gasteiger partial charge in [0.15, 0.2) is 18.5 Å². The Labute approximate surface area is 199 Å². The number of esters is 1. The molecule has 0 unspecified atom stereocenters. The summed E-state index contributed by atoms with van der Waals surface area (Å²) in [5.41, 5.74) is -0.0590. The molecule has 1 aromatic carbocycles. The lowest BCUT2D eigenvalue weighted by Crippen LogP contribution is -2.66. The normalized spacial score (nSPS) is 28.1. The number of anilines is 1. The largest absolute Gasteiger partial charge is 0.455 e. The van der Waals surface area contributed by atoms with E-state index in [0.717, 1.165) is 57.2 Å². The lowest BCUT2D eigenvalue weighted by atomic mass is 9.74. The van der Waals surface area contributed by atoms with Crippen molar-refractivity contribution in [1.29, 1.82) is 0 Å². The molecule has 4 aliphatic rings. The third-order valence-corrected chi connectivity index (χ3v) is 8.21. The van der Waals surface area contributed by atoms with Gasteiger partial charge in [0.05, 0.1) is 18.5 Å². The second-order valence-electron chi connectivity index (χ2n) is 10.4. The summed E-state index contributed by atoms with van der Waals surface area (Å²) in [5, 5.41) is 6.54. The van der Waals surface area contributed by atoms with Crippen LogP contribution in [0.2, 0.25) is 0 Å². The molecule has 4 fully saturated rings. The maximum absolute atomic E-state index is 14.1. The second kappa shape index (κ2) is 9.49. The first kappa shape index (κ1) is 23.0. The minimum absolute atomic E-state index is 0.112. The number of piperidine rings is 3. The van der Waals surface area contributed by atoms with E-state index < -0.39 is 5.41 Å². The summed E-state index contributed by atoms with van der Waals surface area (Å²) in [6.45, 7) is 2.77. The highest BCUT2D eigenvalue weighted by Crippen LogP contribution is 2.42. The summed E-state index contributed by atoms with van der Waals surface area (Å²) in [7, 11) is 0. The van der Waals surface area contributed by atoms with Crippen molar-refractivity contribution in [3.8, 4) is 0 Å². The van der Waals surface area contributed by atoms with Crippen molar-refractivity contribution < 1.29 is 27.7 Å². The molecule has 1 amide bonds. The molecule has 1 aromatic heterocycles. The molecular weight excluding hydrogens is 437 g/mol. The Morgan fingerprint density at radius 2 is 1.91 bits per heavy atom. The fraction of sp³-hybridized carbons (Fsp3) is 0.577. The van der Waals surface area contributed by atoms with Crippen molar-refractivity contribution in [2.24, 2.45) is 5.92 Å². The zero-order valence-corrected chi connectivity index (χ0v) is 19.5. The molecule has 182 valence electrons. The maximum Gasteiger partial charge on any atom is 0.317 e. The predicted molar refractivity (Wildman–Crippen MR) is 123 cm³/mol. The zero-order valence-electron chi connectivity index (χ0n) is 19.5. The summed E-state index contributed by atoms with van der Waals surface area (Å²) in [5.74, 6) is 0.0732. The smallest absolute Gasteiger partial charge is 0.317 e. The van der Waals surface area contributed by atoms with Gasteiger partial charge in [-0.2, -0.15) is 0 Å². The fourth-order valence-electron chi connectivity index (χ4n) is 6.32. The molecule has 6 rings (SSSR count). The highest BCUT2D eigenvalue weighted by atomic mass is 19.1. The zero-order chi connectivity index (χ0) is 23.6. The van der Waals surface area contributed by atoms with Gasteiger partial charge in [-0.15, -0.1) is 0 Å². The second-order valence-corrected chi connectivity index (χ2v) is 10.4. The number of nitrogens with zero attached hydrogens (tertiary/aromatic N) is 2. The minimum Gasteiger partial charge on any atom is -0.455 e. The highest BCUT2D eigenvalue weighted by Gasteiger charge is 2.51. The first-order valence-electron chi connectivity index (χ1n) is 12.5. The monoisotopic (exact) mass is 470 g/mol. The Bertz CT molecular complexity index is 1010. The number of nitrogens with one attached hydrogen (secondary N) is 1. The molecule has 1 saturated carbocycles. The lowest BCUT2D eigenvalue weighted by molar-refractivity contribution is -0.939. The molecule has 1 N–H and O–H groups in total. The van der Waals surface area contributed by atoms with Crippen molar-refractivity contribution in [2.45, 2.75) is 62.9 Å². The van der Waals surface area contributed by atoms with Gasteiger partial charge in [0.2, 0.25) is 0 Å². The van der Waals surface area contributed by atoms with Crippen molar-refractivity contribution in [1.82, 2.24) is 5.16 Å². The number of halogens is 1. The number of ether oxygens (including phenoxy) is 1. The first-order chi connectivity index (χ1) is 16.5. The van der Waals surface area contributed by atoms with Gasteiger partial charge in [-0.05, 0) is 30.5 Å². The number of carbonyl (C=O) groups excluding carboxylic acids is 2. The van der Waals surface area contributed by atoms with Crippen molar-refractivity contribution in [3.05, 3.63) is 48.0 Å². The Kier molecular flexibility index (Phi) is 6.42. The first-order valence-corrected chi connectivity index (χ1v) is 12.5. The summed E-state index contributed by atoms with van der Waals surface area (Å²) in [6, 6.07) is 8.10. The van der Waals surface area contributed by atoms with Crippen LogP contribution in [0.25, 0.3) is 0 Å². The Morgan fingerprint density at radius 3 is 2.59 bits per heavy atom. The van der Waals surface area contributed by atoms with Crippen molar-refractivity contribution in [2.75, 3.05) is 31.5 Å². The summed E-state index contributed by atoms with van der Waals surface area (Å²) in [4.78, 5) is 26.5. The van der Waals surface area contributed by atoms with Crippen LogP contribution in [0, 0.1) is 11.7 Å². The number of fused-ring (bicyclic) bond motifs is 3. The van der Waals surface area contributed by atoms with Crippen LogP contribution in [-0.2, 0) is 19.7 Å². The van der Waals surface area contributed by atoms with E-state index in [1.165, 1.54) is 18.4 Å². The van der Waals surface area contributed by atoms with E-state index in [1.54, 1.807) is 12.1 Å². The molecule has 8 heteroatoms. The van der Waals surface area contributed by atoms with Crippen LogP contribution in [0.1, 0.15) is 56.9 Å². The third-order valence-electron chi connectivity index (χ3n) is 8.21. The fourth-order valence-corrected chi connectivity index (χ4v) is 6.32. The molecule has 2 aromatic rings. The van der Waals surface area contributed by atoms with Crippen LogP contribution in [0.15, 0.2) is 41.1 Å². The third kappa shape index (κ3) is 4.60. The number of aromatic nitrogens is 1. The lowest BCUT2D eigenvalue weighted by Gasteiger charge is -2.52. The van der Waals surface area contributed by atoms with Crippen molar-refractivity contribution in [3.63, 3.8) is 0 Å². The van der Waals surface area contributed by atoms with Gasteiger partial charge in [-0.1, -0.05) is 43.0 Å². The quantitative estimate of drug-likeness (QED) is 0.389. The molecule has 0 spiro atoms. The Balaban J connectivity index is 1.32. The molecule has 1 atom stereocenters. The molecular formula is C26H33FN3O4+. The van der Waals surface area contributed by atoms with Gasteiger partial charge in [0, 0.05) is 24.8 Å². The summed E-state index contributed by atoms with van der Waals surface area (Å²) < 4.78 is 25.8. The number of amides is 1. The van der Waals surface area contributed by atoms with E-state index in [0.29, 0.717) is 42.1 Å². The van der Waals surface area contributed by atoms with Gasteiger partial charge >= 0.3 is 5.97 Å². The number of quaternary nitrogens is 1. The molecule has 4 heterocycles. The Hall–Kier alpha value is -2.74. The van der Waals surface area contributed by atoms with Crippen LogP contribution < -0.4 is 5.32 Å². The molecule has 2 bridgehead atoms. The van der Waals surface area contributed by atoms with Gasteiger partial charge in [-0.3, -0.25) is 9.59 Å². The van der Waals surface area contributed by atoms with E-state index in [1.807, 2.05) is 6.07 Å². The molecule has 3 saturated heterocycles. The summed E-state index contributed by atoms with van der Waals surface area (Å²) >= 11 is 0. The topological polar surface area (TPSA) is 81.4 Å². The van der Waals surface area contributed by atoms with E-state index in [-0.39, 0.29) is 23.8 Å². The average Bonchev–Trinajstić information content (AvgIpc) is 3.20. The van der Waals surface area contributed by atoms with Crippen LogP contribution in [-0.4, -0.2) is 53.8 Å². The van der Waals surface area contributed by atoms with Gasteiger partial charge < -0.3 is 19.1 Å².